The van der Waals surface area contributed by atoms with Gasteiger partial charge in [0.25, 0.3) is 0 Å². The number of rotatable bonds is 9. The van der Waals surface area contributed by atoms with Crippen LogP contribution < -0.4 is 16.0 Å². The summed E-state index contributed by atoms with van der Waals surface area (Å²) in [6.07, 6.45) is 4.14. The van der Waals surface area contributed by atoms with Gasteiger partial charge in [0, 0.05) is 38.0 Å². The Labute approximate surface area is 109 Å². The molecule has 2 amide bonds. The van der Waals surface area contributed by atoms with Crippen LogP contribution in [0.3, 0.4) is 0 Å². The third kappa shape index (κ3) is 7.27. The molecule has 0 aromatic heterocycles. The fraction of sp³-hybridized carbons (Fsp3) is 0.846. The van der Waals surface area contributed by atoms with Gasteiger partial charge in [-0.3, -0.25) is 9.59 Å². The summed E-state index contributed by atoms with van der Waals surface area (Å²) < 4.78 is 0. The van der Waals surface area contributed by atoms with Crippen LogP contribution in [0.5, 0.6) is 0 Å². The molecular weight excluding hydrogens is 230 g/mol. The van der Waals surface area contributed by atoms with E-state index in [1.165, 1.54) is 0 Å². The summed E-state index contributed by atoms with van der Waals surface area (Å²) in [7, 11) is 0. The molecule has 0 spiro atoms. The Morgan fingerprint density at radius 2 is 1.78 bits per heavy atom. The highest BCUT2D eigenvalue weighted by atomic mass is 16.2. The van der Waals surface area contributed by atoms with Crippen LogP contribution in [0, 0.1) is 0 Å². The number of nitrogens with one attached hydrogen (secondary N) is 3. The summed E-state index contributed by atoms with van der Waals surface area (Å²) in [6, 6.07) is 0.667. The molecule has 0 saturated heterocycles. The molecule has 18 heavy (non-hydrogen) atoms. The molecule has 0 radical (unpaired) electrons. The largest absolute Gasteiger partial charge is 0.354 e. The highest BCUT2D eigenvalue weighted by Crippen LogP contribution is 2.18. The lowest BCUT2D eigenvalue weighted by molar-refractivity contribution is -0.121. The average molecular weight is 255 g/mol. The van der Waals surface area contributed by atoms with E-state index in [9.17, 15) is 9.59 Å². The summed E-state index contributed by atoms with van der Waals surface area (Å²) in [5, 5.41) is 8.94. The zero-order chi connectivity index (χ0) is 13.4. The van der Waals surface area contributed by atoms with Gasteiger partial charge in [-0.15, -0.1) is 0 Å². The van der Waals surface area contributed by atoms with Gasteiger partial charge >= 0.3 is 0 Å². The maximum atomic E-state index is 11.4. The normalized spacial score (nSPS) is 16.1. The Morgan fingerprint density at radius 3 is 2.33 bits per heavy atom. The second kappa shape index (κ2) is 8.08. The maximum absolute atomic E-state index is 11.4. The standard InChI is InChI=1S/C13H25N3O2/c1-3-10(2)15-12(17)6-8-14-9-7-13(18)16-11-4-5-11/h10-11,14H,3-9H2,1-2H3,(H,15,17)(H,16,18). The van der Waals surface area contributed by atoms with Crippen molar-refractivity contribution in [3.63, 3.8) is 0 Å². The molecule has 0 aromatic rings. The summed E-state index contributed by atoms with van der Waals surface area (Å²) in [5.41, 5.74) is 0. The summed E-state index contributed by atoms with van der Waals surface area (Å²) in [4.78, 5) is 22.8. The zero-order valence-electron chi connectivity index (χ0n) is 11.4. The summed E-state index contributed by atoms with van der Waals surface area (Å²) >= 11 is 0. The molecule has 1 rings (SSSR count). The SMILES string of the molecule is CCC(C)NC(=O)CCNCCC(=O)NC1CC1. The molecule has 0 heterocycles. The zero-order valence-corrected chi connectivity index (χ0v) is 11.4. The Morgan fingerprint density at radius 1 is 1.17 bits per heavy atom. The van der Waals surface area contributed by atoms with Gasteiger partial charge in [0.05, 0.1) is 0 Å². The molecule has 3 N–H and O–H groups in total. The molecule has 0 aliphatic heterocycles. The first-order chi connectivity index (χ1) is 8.61. The average Bonchev–Trinajstić information content (AvgIpc) is 3.12. The minimum absolute atomic E-state index is 0.0688. The van der Waals surface area contributed by atoms with Crippen molar-refractivity contribution in [1.29, 1.82) is 0 Å². The van der Waals surface area contributed by atoms with Crippen LogP contribution in [0.25, 0.3) is 0 Å². The smallest absolute Gasteiger partial charge is 0.221 e. The molecule has 5 heteroatoms. The van der Waals surface area contributed by atoms with Gasteiger partial charge in [0.1, 0.15) is 0 Å². The van der Waals surface area contributed by atoms with Crippen molar-refractivity contribution in [2.75, 3.05) is 13.1 Å². The second-order valence-electron chi connectivity index (χ2n) is 4.97. The van der Waals surface area contributed by atoms with Crippen LogP contribution in [0.1, 0.15) is 46.0 Å². The second-order valence-corrected chi connectivity index (χ2v) is 4.97. The molecule has 1 unspecified atom stereocenters. The monoisotopic (exact) mass is 255 g/mol. The fourth-order valence-corrected chi connectivity index (χ4v) is 1.51. The van der Waals surface area contributed by atoms with Gasteiger partial charge in [-0.2, -0.15) is 0 Å². The molecule has 104 valence electrons. The minimum atomic E-state index is 0.0688. The molecule has 1 saturated carbocycles. The summed E-state index contributed by atoms with van der Waals surface area (Å²) in [6.45, 7) is 5.30. The van der Waals surface area contributed by atoms with E-state index >= 15 is 0 Å². The third-order valence-electron chi connectivity index (χ3n) is 3.02. The van der Waals surface area contributed by atoms with E-state index in [-0.39, 0.29) is 17.9 Å². The van der Waals surface area contributed by atoms with Gasteiger partial charge < -0.3 is 16.0 Å². The Bertz CT molecular complexity index is 277. The molecule has 5 nitrogen and oxygen atoms in total. The molecule has 0 aromatic carbocycles. The third-order valence-corrected chi connectivity index (χ3v) is 3.02. The van der Waals surface area contributed by atoms with Gasteiger partial charge in [-0.05, 0) is 26.2 Å². The van der Waals surface area contributed by atoms with Crippen molar-refractivity contribution >= 4 is 11.8 Å². The molecular formula is C13H25N3O2. The Hall–Kier alpha value is -1.10. The first-order valence-electron chi connectivity index (χ1n) is 6.91. The van der Waals surface area contributed by atoms with E-state index in [0.29, 0.717) is 32.0 Å². The van der Waals surface area contributed by atoms with Crippen LogP contribution in [0.4, 0.5) is 0 Å². The molecule has 0 bridgehead atoms. The van der Waals surface area contributed by atoms with E-state index < -0.39 is 0 Å². The quantitative estimate of drug-likeness (QED) is 0.527. The van der Waals surface area contributed by atoms with E-state index in [1.54, 1.807) is 0 Å². The van der Waals surface area contributed by atoms with Crippen molar-refractivity contribution in [1.82, 2.24) is 16.0 Å². The predicted molar refractivity (Wildman–Crippen MR) is 71.2 cm³/mol. The van der Waals surface area contributed by atoms with Crippen LogP contribution in [-0.2, 0) is 9.59 Å². The van der Waals surface area contributed by atoms with E-state index in [2.05, 4.69) is 16.0 Å². The van der Waals surface area contributed by atoms with Crippen LogP contribution in [0.2, 0.25) is 0 Å². The van der Waals surface area contributed by atoms with Crippen molar-refractivity contribution < 1.29 is 9.59 Å². The summed E-state index contributed by atoms with van der Waals surface area (Å²) in [5.74, 6) is 0.174. The maximum Gasteiger partial charge on any atom is 0.221 e. The van der Waals surface area contributed by atoms with Gasteiger partial charge in [0.2, 0.25) is 11.8 Å². The van der Waals surface area contributed by atoms with Crippen molar-refractivity contribution in [3.05, 3.63) is 0 Å². The topological polar surface area (TPSA) is 70.2 Å². The number of hydrogen-bond donors (Lipinski definition) is 3. The highest BCUT2D eigenvalue weighted by Gasteiger charge is 2.22. The first kappa shape index (κ1) is 15.0. The number of amides is 2. The van der Waals surface area contributed by atoms with Crippen molar-refractivity contribution in [3.8, 4) is 0 Å². The first-order valence-corrected chi connectivity index (χ1v) is 6.91. The van der Waals surface area contributed by atoms with E-state index in [1.807, 2.05) is 13.8 Å². The lowest BCUT2D eigenvalue weighted by atomic mass is 10.2. The fourth-order valence-electron chi connectivity index (χ4n) is 1.51. The Balaban J connectivity index is 1.90. The lowest BCUT2D eigenvalue weighted by Crippen LogP contribution is -2.34. The van der Waals surface area contributed by atoms with E-state index in [4.69, 9.17) is 0 Å². The minimum Gasteiger partial charge on any atom is -0.354 e. The van der Waals surface area contributed by atoms with Gasteiger partial charge in [-0.25, -0.2) is 0 Å². The van der Waals surface area contributed by atoms with Crippen LogP contribution in [-0.4, -0.2) is 37.0 Å². The van der Waals surface area contributed by atoms with Crippen LogP contribution >= 0.6 is 0 Å². The lowest BCUT2D eigenvalue weighted by Gasteiger charge is -2.11. The molecule has 1 aliphatic rings. The number of carbonyl (C=O) groups excluding carboxylic acids is 2. The number of carbonyl (C=O) groups is 2. The van der Waals surface area contributed by atoms with Crippen molar-refractivity contribution in [2.45, 2.75) is 58.0 Å². The molecule has 1 atom stereocenters. The molecule has 1 aliphatic carbocycles. The molecule has 1 fully saturated rings. The predicted octanol–water partition coefficient (Wildman–Crippen LogP) is 0.550. The van der Waals surface area contributed by atoms with Crippen LogP contribution in [0.15, 0.2) is 0 Å². The van der Waals surface area contributed by atoms with E-state index in [0.717, 1.165) is 19.3 Å². The van der Waals surface area contributed by atoms with Crippen molar-refractivity contribution in [2.24, 2.45) is 0 Å². The number of hydrogen-bond acceptors (Lipinski definition) is 3. The Kier molecular flexibility index (Phi) is 6.72. The van der Waals surface area contributed by atoms with Gasteiger partial charge in [0.15, 0.2) is 0 Å². The highest BCUT2D eigenvalue weighted by molar-refractivity contribution is 5.77. The van der Waals surface area contributed by atoms with Gasteiger partial charge in [-0.1, -0.05) is 6.92 Å².